The quantitative estimate of drug-likeness (QED) is 0.372. The van der Waals surface area contributed by atoms with Crippen molar-refractivity contribution in [3.63, 3.8) is 0 Å². The number of ether oxygens (including phenoxy) is 1. The second-order valence-corrected chi connectivity index (χ2v) is 9.82. The van der Waals surface area contributed by atoms with Crippen LogP contribution in [-0.4, -0.2) is 59.6 Å². The molecule has 0 bridgehead atoms. The van der Waals surface area contributed by atoms with Gasteiger partial charge < -0.3 is 26.0 Å². The average molecular weight is 538 g/mol. The van der Waals surface area contributed by atoms with Crippen LogP contribution in [0, 0.1) is 0 Å². The molecule has 13 heteroatoms. The molecule has 0 aliphatic carbocycles. The van der Waals surface area contributed by atoms with Crippen molar-refractivity contribution < 1.29 is 18.3 Å². The molecule has 0 unspecified atom stereocenters. The van der Waals surface area contributed by atoms with Gasteiger partial charge in [-0.25, -0.2) is 4.98 Å². The summed E-state index contributed by atoms with van der Waals surface area (Å²) in [5.74, 6) is -0.329. The molecular formula is C23H26ClF2N7O2S. The molecule has 2 aromatic heterocycles. The smallest absolute Gasteiger partial charge is 0.387 e. The van der Waals surface area contributed by atoms with E-state index in [1.165, 1.54) is 17.5 Å². The first-order chi connectivity index (χ1) is 17.1. The van der Waals surface area contributed by atoms with Crippen molar-refractivity contribution in [2.24, 2.45) is 5.73 Å². The first kappa shape index (κ1) is 25.9. The van der Waals surface area contributed by atoms with Crippen LogP contribution in [0.25, 0.3) is 0 Å². The van der Waals surface area contributed by atoms with Gasteiger partial charge in [-0.05, 0) is 44.5 Å². The highest BCUT2D eigenvalue weighted by molar-refractivity contribution is 7.14. The molecule has 1 fully saturated rings. The van der Waals surface area contributed by atoms with Crippen LogP contribution >= 0.6 is 22.9 Å². The Morgan fingerprint density at radius 3 is 2.64 bits per heavy atom. The number of likely N-dealkylation sites (N-methyl/N-ethyl adjacent to an activating group) is 1. The first-order valence-corrected chi connectivity index (χ1v) is 12.4. The molecule has 0 saturated carbocycles. The molecule has 1 amide bonds. The fourth-order valence-electron chi connectivity index (χ4n) is 3.96. The van der Waals surface area contributed by atoms with E-state index in [0.717, 1.165) is 18.8 Å². The van der Waals surface area contributed by atoms with Crippen LogP contribution in [0.1, 0.15) is 24.2 Å². The molecule has 2 atom stereocenters. The lowest BCUT2D eigenvalue weighted by atomic mass is 10.1. The van der Waals surface area contributed by atoms with Crippen LogP contribution in [0.4, 0.5) is 36.9 Å². The molecule has 1 aliphatic heterocycles. The molecule has 4 N–H and O–H groups in total. The van der Waals surface area contributed by atoms with E-state index < -0.39 is 12.5 Å². The summed E-state index contributed by atoms with van der Waals surface area (Å²) < 4.78 is 31.3. The summed E-state index contributed by atoms with van der Waals surface area (Å²) >= 11 is 7.48. The predicted molar refractivity (Wildman–Crippen MR) is 138 cm³/mol. The molecule has 36 heavy (non-hydrogen) atoms. The van der Waals surface area contributed by atoms with Crippen LogP contribution < -0.4 is 26.0 Å². The Kier molecular flexibility index (Phi) is 7.76. The summed E-state index contributed by atoms with van der Waals surface area (Å²) in [6.07, 6.45) is 1.35. The monoisotopic (exact) mass is 537 g/mol. The lowest BCUT2D eigenvalue weighted by molar-refractivity contribution is -0.0493. The summed E-state index contributed by atoms with van der Waals surface area (Å²) in [6, 6.07) is 7.26. The predicted octanol–water partition coefficient (Wildman–Crippen LogP) is 4.91. The minimum Gasteiger partial charge on any atom is -0.433 e. The number of nitrogens with zero attached hydrogens (tertiary/aromatic N) is 4. The van der Waals surface area contributed by atoms with Gasteiger partial charge in [-0.3, -0.25) is 9.69 Å². The number of carbonyl (C=O) groups is 1. The Labute approximate surface area is 216 Å². The second kappa shape index (κ2) is 10.8. The number of benzene rings is 1. The van der Waals surface area contributed by atoms with Gasteiger partial charge in [0, 0.05) is 36.9 Å². The van der Waals surface area contributed by atoms with Crippen LogP contribution in [0.5, 0.6) is 5.75 Å². The van der Waals surface area contributed by atoms with Crippen molar-refractivity contribution in [2.45, 2.75) is 32.5 Å². The molecule has 0 radical (unpaired) electrons. The first-order valence-electron chi connectivity index (χ1n) is 11.1. The SMILES string of the molecule is C[C@@H]1CN(c2ccc(Nc3ncc(Cl)c(Nc4sccc4C(N)=O)n3)c(OC(F)F)c2)C[C@H](C)N1C. The number of nitrogens with one attached hydrogen (secondary N) is 2. The zero-order chi connectivity index (χ0) is 26.0. The fraction of sp³-hybridized carbons (Fsp3) is 0.348. The number of amides is 1. The van der Waals surface area contributed by atoms with E-state index in [-0.39, 0.29) is 28.2 Å². The van der Waals surface area contributed by atoms with Gasteiger partial charge in [0.1, 0.15) is 10.0 Å². The van der Waals surface area contributed by atoms with Crippen molar-refractivity contribution in [2.75, 3.05) is 35.7 Å². The van der Waals surface area contributed by atoms with Crippen LogP contribution in [0.3, 0.4) is 0 Å². The summed E-state index contributed by atoms with van der Waals surface area (Å²) in [6.45, 7) is 2.75. The number of anilines is 5. The van der Waals surface area contributed by atoms with Gasteiger partial charge in [-0.2, -0.15) is 13.8 Å². The minimum atomic E-state index is -3.01. The van der Waals surface area contributed by atoms with Gasteiger partial charge in [0.2, 0.25) is 5.95 Å². The maximum absolute atomic E-state index is 13.3. The van der Waals surface area contributed by atoms with E-state index in [9.17, 15) is 13.6 Å². The van der Waals surface area contributed by atoms with Gasteiger partial charge in [0.25, 0.3) is 5.91 Å². The third-order valence-corrected chi connectivity index (χ3v) is 7.17. The third-order valence-electron chi connectivity index (χ3n) is 6.06. The van der Waals surface area contributed by atoms with Crippen molar-refractivity contribution >= 4 is 57.0 Å². The molecule has 1 aliphatic rings. The number of aromatic nitrogens is 2. The Bertz CT molecular complexity index is 1230. The topological polar surface area (TPSA) is 109 Å². The highest BCUT2D eigenvalue weighted by atomic mass is 35.5. The number of thiophene rings is 1. The summed E-state index contributed by atoms with van der Waals surface area (Å²) in [5, 5.41) is 8.26. The van der Waals surface area contributed by atoms with E-state index in [1.54, 1.807) is 23.6 Å². The molecule has 9 nitrogen and oxygen atoms in total. The number of piperazine rings is 1. The maximum atomic E-state index is 13.3. The van der Waals surface area contributed by atoms with E-state index in [1.807, 2.05) is 6.07 Å². The average Bonchev–Trinajstić information content (AvgIpc) is 3.28. The van der Waals surface area contributed by atoms with Crippen molar-refractivity contribution in [3.05, 3.63) is 46.4 Å². The van der Waals surface area contributed by atoms with Crippen molar-refractivity contribution in [3.8, 4) is 5.75 Å². The summed E-state index contributed by atoms with van der Waals surface area (Å²) in [4.78, 5) is 24.5. The molecule has 192 valence electrons. The molecule has 3 aromatic rings. The van der Waals surface area contributed by atoms with Gasteiger partial charge in [-0.15, -0.1) is 11.3 Å². The Morgan fingerprint density at radius 2 is 1.97 bits per heavy atom. The largest absolute Gasteiger partial charge is 0.433 e. The molecule has 1 aromatic carbocycles. The van der Waals surface area contributed by atoms with Crippen LogP contribution in [0.15, 0.2) is 35.8 Å². The minimum absolute atomic E-state index is 0.0379. The number of halogens is 3. The summed E-state index contributed by atoms with van der Waals surface area (Å²) in [7, 11) is 2.08. The maximum Gasteiger partial charge on any atom is 0.387 e. The molecule has 1 saturated heterocycles. The van der Waals surface area contributed by atoms with Gasteiger partial charge in [-0.1, -0.05) is 11.6 Å². The Balaban J connectivity index is 1.59. The lowest BCUT2D eigenvalue weighted by Gasteiger charge is -2.43. The molecule has 4 rings (SSSR count). The van der Waals surface area contributed by atoms with E-state index >= 15 is 0 Å². The highest BCUT2D eigenvalue weighted by Gasteiger charge is 2.27. The van der Waals surface area contributed by atoms with Gasteiger partial charge in [0.15, 0.2) is 11.6 Å². The molecular weight excluding hydrogens is 512 g/mol. The van der Waals surface area contributed by atoms with Crippen molar-refractivity contribution in [1.82, 2.24) is 14.9 Å². The summed E-state index contributed by atoms with van der Waals surface area (Å²) in [5.41, 5.74) is 6.72. The number of carbonyl (C=O) groups excluding carboxylic acids is 1. The standard InChI is InChI=1S/C23H26ClF2N7O2S/c1-12-10-33(11-13(2)32(12)3)14-4-5-17(18(8-14)35-22(25)26)29-23-28-9-16(24)20(31-23)30-21-15(19(27)34)6-7-36-21/h4-9,12-13,22H,10-11H2,1-3H3,(H2,27,34)(H2,28,29,30,31)/t12-,13+. The zero-order valence-electron chi connectivity index (χ0n) is 19.8. The number of alkyl halides is 2. The Morgan fingerprint density at radius 1 is 1.25 bits per heavy atom. The number of rotatable bonds is 8. The van der Waals surface area contributed by atoms with Crippen LogP contribution in [-0.2, 0) is 0 Å². The van der Waals surface area contributed by atoms with E-state index in [0.29, 0.717) is 22.6 Å². The number of nitrogens with two attached hydrogens (primary N) is 1. The number of hydrogen-bond donors (Lipinski definition) is 3. The normalized spacial score (nSPS) is 18.4. The fourth-order valence-corrected chi connectivity index (χ4v) is 4.89. The number of hydrogen-bond acceptors (Lipinski definition) is 9. The third kappa shape index (κ3) is 5.77. The lowest BCUT2D eigenvalue weighted by Crippen LogP contribution is -2.55. The Hall–Kier alpha value is -3.22. The van der Waals surface area contributed by atoms with Gasteiger partial charge in [0.05, 0.1) is 17.4 Å². The molecule has 3 heterocycles. The second-order valence-electron chi connectivity index (χ2n) is 8.50. The van der Waals surface area contributed by atoms with Crippen LogP contribution in [0.2, 0.25) is 5.02 Å². The number of primary amides is 1. The van der Waals surface area contributed by atoms with E-state index in [2.05, 4.69) is 51.3 Å². The van der Waals surface area contributed by atoms with Gasteiger partial charge >= 0.3 is 6.61 Å². The zero-order valence-corrected chi connectivity index (χ0v) is 21.4. The highest BCUT2D eigenvalue weighted by Crippen LogP contribution is 2.35. The van der Waals surface area contributed by atoms with E-state index in [4.69, 9.17) is 22.1 Å². The molecule has 0 spiro atoms. The van der Waals surface area contributed by atoms with Crippen molar-refractivity contribution in [1.29, 1.82) is 0 Å².